The first kappa shape index (κ1) is 22.4. The Balaban J connectivity index is 1.64. The number of hydrogen-bond donors (Lipinski definition) is 2. The molecule has 4 aromatic rings. The minimum atomic E-state index is -4.81. The van der Waals surface area contributed by atoms with Crippen molar-refractivity contribution in [3.63, 3.8) is 0 Å². The molecular weight excluding hydrogens is 444 g/mol. The summed E-state index contributed by atoms with van der Waals surface area (Å²) in [6, 6.07) is 10.8. The van der Waals surface area contributed by atoms with Crippen LogP contribution in [-0.4, -0.2) is 48.3 Å². The molecule has 0 aliphatic carbocycles. The number of nitrogens with zero attached hydrogens (tertiary/aromatic N) is 5. The molecule has 0 radical (unpaired) electrons. The zero-order valence-corrected chi connectivity index (χ0v) is 17.2. The first-order valence-corrected chi connectivity index (χ1v) is 9.72. The second-order valence-corrected chi connectivity index (χ2v) is 7.44. The van der Waals surface area contributed by atoms with Crippen LogP contribution in [0.2, 0.25) is 0 Å². The highest BCUT2D eigenvalue weighted by atomic mass is 19.4. The highest BCUT2D eigenvalue weighted by molar-refractivity contribution is 5.63. The molecule has 33 heavy (non-hydrogen) atoms. The van der Waals surface area contributed by atoms with E-state index in [4.69, 9.17) is 4.52 Å². The third kappa shape index (κ3) is 4.85. The molecule has 4 rings (SSSR count). The number of aliphatic hydroxyl groups is 1. The van der Waals surface area contributed by atoms with Crippen LogP contribution >= 0.6 is 0 Å². The van der Waals surface area contributed by atoms with E-state index in [-0.39, 0.29) is 23.9 Å². The molecular formula is C21H18F4N6O2. The minimum absolute atomic E-state index is 0.0659. The van der Waals surface area contributed by atoms with Gasteiger partial charge in [-0.2, -0.15) is 18.3 Å². The summed E-state index contributed by atoms with van der Waals surface area (Å²) >= 11 is 0. The largest absolute Gasteiger partial charge is 0.418 e. The molecule has 172 valence electrons. The zero-order chi connectivity index (χ0) is 23.6. The van der Waals surface area contributed by atoms with E-state index in [1.807, 2.05) is 0 Å². The molecule has 8 nitrogen and oxygen atoms in total. The monoisotopic (exact) mass is 462 g/mol. The van der Waals surface area contributed by atoms with Crippen molar-refractivity contribution in [2.45, 2.75) is 25.2 Å². The smallest absolute Gasteiger partial charge is 0.379 e. The lowest BCUT2D eigenvalue weighted by Gasteiger charge is -2.26. The molecule has 1 aromatic carbocycles. The van der Waals surface area contributed by atoms with Gasteiger partial charge in [0.25, 0.3) is 0 Å². The van der Waals surface area contributed by atoms with Crippen molar-refractivity contribution in [2.24, 2.45) is 0 Å². The minimum Gasteiger partial charge on any atom is -0.379 e. The average Bonchev–Trinajstić information content (AvgIpc) is 3.43. The molecule has 2 N–H and O–H groups in total. The Kier molecular flexibility index (Phi) is 5.85. The van der Waals surface area contributed by atoms with Gasteiger partial charge in [0, 0.05) is 17.8 Å². The second kappa shape index (κ2) is 8.62. The van der Waals surface area contributed by atoms with Crippen molar-refractivity contribution in [2.75, 3.05) is 11.9 Å². The number of nitrogens with one attached hydrogen (secondary N) is 1. The van der Waals surface area contributed by atoms with E-state index in [1.54, 1.807) is 30.3 Å². The summed E-state index contributed by atoms with van der Waals surface area (Å²) in [7, 11) is 0. The molecule has 3 aromatic heterocycles. The number of rotatable bonds is 7. The first-order chi connectivity index (χ1) is 15.6. The van der Waals surface area contributed by atoms with Crippen molar-refractivity contribution in [3.05, 3.63) is 66.3 Å². The van der Waals surface area contributed by atoms with Gasteiger partial charge in [-0.15, -0.1) is 0 Å². The van der Waals surface area contributed by atoms with E-state index < -0.39 is 24.1 Å². The lowest BCUT2D eigenvalue weighted by Crippen LogP contribution is -2.47. The van der Waals surface area contributed by atoms with Crippen LogP contribution in [0.5, 0.6) is 0 Å². The summed E-state index contributed by atoms with van der Waals surface area (Å²) in [5, 5.41) is 20.4. The topological polar surface area (TPSA) is 102 Å². The normalized spacial score (nSPS) is 13.6. The lowest BCUT2D eigenvalue weighted by molar-refractivity contribution is -0.246. The summed E-state index contributed by atoms with van der Waals surface area (Å²) in [6.07, 6.45) is -2.09. The van der Waals surface area contributed by atoms with E-state index >= 15 is 0 Å². The fourth-order valence-electron chi connectivity index (χ4n) is 2.93. The summed E-state index contributed by atoms with van der Waals surface area (Å²) in [6.45, 7) is -0.0587. The molecule has 0 bridgehead atoms. The van der Waals surface area contributed by atoms with Crippen LogP contribution in [0, 0.1) is 5.82 Å². The Morgan fingerprint density at radius 3 is 2.61 bits per heavy atom. The van der Waals surface area contributed by atoms with E-state index in [1.165, 1.54) is 29.3 Å². The van der Waals surface area contributed by atoms with Gasteiger partial charge >= 0.3 is 6.18 Å². The van der Waals surface area contributed by atoms with Gasteiger partial charge in [0.1, 0.15) is 29.3 Å². The Hall–Kier alpha value is -3.80. The average molecular weight is 462 g/mol. The molecule has 1 unspecified atom stereocenters. The highest BCUT2D eigenvalue weighted by Gasteiger charge is 2.49. The van der Waals surface area contributed by atoms with Crippen LogP contribution in [0.15, 0.2) is 59.4 Å². The molecule has 0 saturated heterocycles. The van der Waals surface area contributed by atoms with Crippen LogP contribution in [0.3, 0.4) is 0 Å². The molecule has 12 heteroatoms. The van der Waals surface area contributed by atoms with Crippen molar-refractivity contribution >= 4 is 5.82 Å². The molecule has 0 aliphatic rings. The Labute approximate surface area is 184 Å². The molecule has 0 aliphatic heterocycles. The Bertz CT molecular complexity index is 1240. The summed E-state index contributed by atoms with van der Waals surface area (Å²) < 4.78 is 59.3. The molecule has 0 amide bonds. The molecule has 1 atom stereocenters. The fourth-order valence-corrected chi connectivity index (χ4v) is 2.93. The molecule has 0 spiro atoms. The summed E-state index contributed by atoms with van der Waals surface area (Å²) in [4.78, 5) is 8.33. The number of benzene rings is 1. The fraction of sp³-hybridized carbons (Fsp3) is 0.238. The van der Waals surface area contributed by atoms with Crippen molar-refractivity contribution in [1.82, 2.24) is 24.9 Å². The lowest BCUT2D eigenvalue weighted by atomic mass is 10.1. The standard InChI is InChI=1S/C21H18F4N6O2/c1-20(32,21(23,24)25)12-27-18-6-8-26-19(28-18)16-10-17(15-7-9-33-30-15)31(29-16)11-13-4-2-3-5-14(13)22/h2-10,32H,11-12H2,1H3,(H,26,27,28). The van der Waals surface area contributed by atoms with Gasteiger partial charge in [-0.05, 0) is 25.1 Å². The van der Waals surface area contributed by atoms with Gasteiger partial charge in [-0.1, -0.05) is 23.4 Å². The number of hydrogen-bond acceptors (Lipinski definition) is 7. The first-order valence-electron chi connectivity index (χ1n) is 9.72. The Morgan fingerprint density at radius 2 is 1.91 bits per heavy atom. The van der Waals surface area contributed by atoms with Gasteiger partial charge in [0.15, 0.2) is 11.4 Å². The zero-order valence-electron chi connectivity index (χ0n) is 17.2. The third-order valence-corrected chi connectivity index (χ3v) is 4.87. The van der Waals surface area contributed by atoms with Gasteiger partial charge < -0.3 is 14.9 Å². The highest BCUT2D eigenvalue weighted by Crippen LogP contribution is 2.30. The summed E-state index contributed by atoms with van der Waals surface area (Å²) in [5.74, 6) is -0.223. The number of alkyl halides is 3. The second-order valence-electron chi connectivity index (χ2n) is 7.44. The third-order valence-electron chi connectivity index (χ3n) is 4.87. The van der Waals surface area contributed by atoms with Gasteiger partial charge in [0.05, 0.1) is 18.8 Å². The van der Waals surface area contributed by atoms with E-state index in [2.05, 4.69) is 25.5 Å². The van der Waals surface area contributed by atoms with Crippen LogP contribution in [0.25, 0.3) is 22.9 Å². The maximum atomic E-state index is 14.2. The van der Waals surface area contributed by atoms with Crippen molar-refractivity contribution in [3.8, 4) is 22.9 Å². The van der Waals surface area contributed by atoms with Crippen molar-refractivity contribution in [1.29, 1.82) is 0 Å². The van der Waals surface area contributed by atoms with E-state index in [0.29, 0.717) is 23.9 Å². The van der Waals surface area contributed by atoms with E-state index in [0.717, 1.165) is 0 Å². The maximum absolute atomic E-state index is 14.2. The molecule has 0 fully saturated rings. The van der Waals surface area contributed by atoms with Crippen LogP contribution in [0.1, 0.15) is 12.5 Å². The van der Waals surface area contributed by atoms with Crippen LogP contribution in [0.4, 0.5) is 23.4 Å². The predicted octanol–water partition coefficient (Wildman–Crippen LogP) is 3.91. The number of anilines is 1. The van der Waals surface area contributed by atoms with E-state index in [9.17, 15) is 22.7 Å². The SMILES string of the molecule is CC(O)(CNc1ccnc(-c2cc(-c3ccon3)n(Cc3ccccc3F)n2)n1)C(F)(F)F. The Morgan fingerprint density at radius 1 is 1.12 bits per heavy atom. The van der Waals surface area contributed by atoms with Crippen LogP contribution in [-0.2, 0) is 6.54 Å². The molecule has 3 heterocycles. The number of aromatic nitrogens is 5. The van der Waals surface area contributed by atoms with Crippen molar-refractivity contribution < 1.29 is 27.2 Å². The maximum Gasteiger partial charge on any atom is 0.418 e. The number of halogens is 4. The van der Waals surface area contributed by atoms with Crippen LogP contribution < -0.4 is 5.32 Å². The quantitative estimate of drug-likeness (QED) is 0.402. The van der Waals surface area contributed by atoms with Gasteiger partial charge in [-0.3, -0.25) is 4.68 Å². The predicted molar refractivity (Wildman–Crippen MR) is 109 cm³/mol. The molecule has 0 saturated carbocycles. The van der Waals surface area contributed by atoms with Gasteiger partial charge in [0.2, 0.25) is 0 Å². The van der Waals surface area contributed by atoms with Gasteiger partial charge in [-0.25, -0.2) is 14.4 Å². The summed E-state index contributed by atoms with van der Waals surface area (Å²) in [5.41, 5.74) is -1.32.